The molecule has 3 heterocycles. The van der Waals surface area contributed by atoms with E-state index < -0.39 is 0 Å². The predicted molar refractivity (Wildman–Crippen MR) is 128 cm³/mol. The Kier molecular flexibility index (Phi) is 4.89. The highest BCUT2D eigenvalue weighted by molar-refractivity contribution is 7.98. The Hall–Kier alpha value is -3.62. The van der Waals surface area contributed by atoms with Gasteiger partial charge in [-0.1, -0.05) is 58.9 Å². The summed E-state index contributed by atoms with van der Waals surface area (Å²) < 4.78 is 12.9. The van der Waals surface area contributed by atoms with Gasteiger partial charge in [0.2, 0.25) is 0 Å². The van der Waals surface area contributed by atoms with Crippen LogP contribution in [0.1, 0.15) is 11.3 Å². The van der Waals surface area contributed by atoms with E-state index in [1.54, 1.807) is 22.9 Å². The Balaban J connectivity index is 1.27. The van der Waals surface area contributed by atoms with Gasteiger partial charge in [0.15, 0.2) is 5.58 Å². The third kappa shape index (κ3) is 3.88. The Morgan fingerprint density at radius 3 is 2.82 bits per heavy atom. The summed E-state index contributed by atoms with van der Waals surface area (Å²) >= 11 is 7.44. The average molecular weight is 475 g/mol. The van der Waals surface area contributed by atoms with Crippen molar-refractivity contribution in [3.8, 4) is 0 Å². The standard InChI is InChI=1S/C24H15ClN4O3S/c25-16-6-8-20-19(10-16)26-24(32-20)33-13-17-12-29(28-27-17)11-15-9-22(30)31-21-7-5-14-3-1-2-4-18(14)23(15)21/h1-10,12H,11,13H2. The summed E-state index contributed by atoms with van der Waals surface area (Å²) in [6.45, 7) is 0.398. The largest absolute Gasteiger partial charge is 0.431 e. The SMILES string of the molecule is O=c1cc(Cn2cc(CSc3nc4cc(Cl)ccc4o3)nn2)c2c(ccc3ccccc32)o1. The van der Waals surface area contributed by atoms with Crippen molar-refractivity contribution in [1.29, 1.82) is 0 Å². The number of oxazole rings is 1. The lowest BCUT2D eigenvalue weighted by atomic mass is 10.0. The maximum Gasteiger partial charge on any atom is 0.336 e. The van der Waals surface area contributed by atoms with Gasteiger partial charge in [0.05, 0.1) is 12.2 Å². The third-order valence-electron chi connectivity index (χ3n) is 5.31. The van der Waals surface area contributed by atoms with Gasteiger partial charge in [-0.15, -0.1) is 5.10 Å². The van der Waals surface area contributed by atoms with Crippen molar-refractivity contribution >= 4 is 56.2 Å². The van der Waals surface area contributed by atoms with Crippen LogP contribution >= 0.6 is 23.4 Å². The molecule has 0 saturated heterocycles. The lowest BCUT2D eigenvalue weighted by Gasteiger charge is -2.08. The molecule has 6 rings (SSSR count). The molecule has 0 fully saturated rings. The predicted octanol–water partition coefficient (Wildman–Crippen LogP) is 5.67. The molecule has 6 aromatic rings. The molecular weight excluding hydrogens is 460 g/mol. The molecule has 0 radical (unpaired) electrons. The van der Waals surface area contributed by atoms with E-state index in [0.29, 0.717) is 33.7 Å². The van der Waals surface area contributed by atoms with Gasteiger partial charge in [-0.3, -0.25) is 0 Å². The molecule has 162 valence electrons. The lowest BCUT2D eigenvalue weighted by molar-refractivity contribution is 0.489. The van der Waals surface area contributed by atoms with E-state index in [4.69, 9.17) is 20.4 Å². The summed E-state index contributed by atoms with van der Waals surface area (Å²) in [5.41, 5.74) is 3.18. The number of thioether (sulfide) groups is 1. The monoisotopic (exact) mass is 474 g/mol. The number of rotatable bonds is 5. The van der Waals surface area contributed by atoms with E-state index in [9.17, 15) is 4.79 Å². The summed E-state index contributed by atoms with van der Waals surface area (Å²) in [5.74, 6) is 0.543. The highest BCUT2D eigenvalue weighted by Gasteiger charge is 2.13. The fraction of sp³-hybridized carbons (Fsp3) is 0.0833. The van der Waals surface area contributed by atoms with Gasteiger partial charge in [0, 0.05) is 28.4 Å². The molecule has 3 aromatic carbocycles. The molecule has 33 heavy (non-hydrogen) atoms. The van der Waals surface area contributed by atoms with Crippen LogP contribution in [0.25, 0.3) is 32.8 Å². The third-order valence-corrected chi connectivity index (χ3v) is 6.40. The van der Waals surface area contributed by atoms with Gasteiger partial charge < -0.3 is 8.83 Å². The normalized spacial score (nSPS) is 11.7. The first kappa shape index (κ1) is 20.0. The Morgan fingerprint density at radius 1 is 1.00 bits per heavy atom. The molecule has 0 amide bonds. The lowest BCUT2D eigenvalue weighted by Crippen LogP contribution is -2.06. The second-order valence-corrected chi connectivity index (χ2v) is 8.90. The molecule has 0 spiro atoms. The first-order valence-electron chi connectivity index (χ1n) is 10.1. The molecule has 0 atom stereocenters. The topological polar surface area (TPSA) is 87.0 Å². The van der Waals surface area contributed by atoms with Gasteiger partial charge in [-0.2, -0.15) is 0 Å². The number of nitrogens with zero attached hydrogens (tertiary/aromatic N) is 4. The number of halogens is 1. The summed E-state index contributed by atoms with van der Waals surface area (Å²) in [6, 6.07) is 18.7. The van der Waals surface area contributed by atoms with Crippen LogP contribution in [-0.2, 0) is 12.3 Å². The molecule has 3 aromatic heterocycles. The number of aromatic nitrogens is 4. The summed E-state index contributed by atoms with van der Waals surface area (Å²) in [6.07, 6.45) is 1.86. The van der Waals surface area contributed by atoms with Gasteiger partial charge in [-0.25, -0.2) is 14.5 Å². The Labute approximate surface area is 196 Å². The first-order chi connectivity index (χ1) is 16.1. The molecule has 0 N–H and O–H groups in total. The molecule has 0 aliphatic carbocycles. The van der Waals surface area contributed by atoms with Crippen LogP contribution in [-0.4, -0.2) is 20.0 Å². The Morgan fingerprint density at radius 2 is 1.88 bits per heavy atom. The summed E-state index contributed by atoms with van der Waals surface area (Å²) in [5, 5.41) is 12.7. The Bertz CT molecular complexity index is 1710. The van der Waals surface area contributed by atoms with Crippen LogP contribution < -0.4 is 5.63 Å². The van der Waals surface area contributed by atoms with Crippen LogP contribution in [0.3, 0.4) is 0 Å². The molecule has 0 unspecified atom stereocenters. The van der Waals surface area contributed by atoms with Crippen LogP contribution in [0.15, 0.2) is 85.7 Å². The minimum absolute atomic E-state index is 0.389. The fourth-order valence-corrected chi connectivity index (χ4v) is 4.76. The van der Waals surface area contributed by atoms with E-state index in [0.717, 1.165) is 32.9 Å². The summed E-state index contributed by atoms with van der Waals surface area (Å²) in [7, 11) is 0. The second-order valence-electron chi connectivity index (χ2n) is 7.54. The molecule has 0 aliphatic heterocycles. The van der Waals surface area contributed by atoms with Crippen LogP contribution in [0.4, 0.5) is 0 Å². The maximum atomic E-state index is 12.1. The molecule has 9 heteroatoms. The molecule has 0 bridgehead atoms. The van der Waals surface area contributed by atoms with Gasteiger partial charge >= 0.3 is 5.63 Å². The quantitative estimate of drug-likeness (QED) is 0.180. The number of hydrogen-bond acceptors (Lipinski definition) is 7. The minimum atomic E-state index is -0.389. The van der Waals surface area contributed by atoms with Crippen LogP contribution in [0.5, 0.6) is 0 Å². The van der Waals surface area contributed by atoms with Crippen LogP contribution in [0, 0.1) is 0 Å². The molecular formula is C24H15ClN4O3S. The second kappa shape index (κ2) is 8.06. The van der Waals surface area contributed by atoms with Crippen molar-refractivity contribution in [2.45, 2.75) is 17.5 Å². The van der Waals surface area contributed by atoms with Gasteiger partial charge in [0.1, 0.15) is 11.1 Å². The van der Waals surface area contributed by atoms with Crippen molar-refractivity contribution in [2.75, 3.05) is 0 Å². The van der Waals surface area contributed by atoms with Crippen molar-refractivity contribution < 1.29 is 8.83 Å². The van der Waals surface area contributed by atoms with E-state index >= 15 is 0 Å². The fourth-order valence-electron chi connectivity index (χ4n) is 3.88. The maximum absolute atomic E-state index is 12.1. The van der Waals surface area contributed by atoms with E-state index in [1.165, 1.54) is 17.8 Å². The zero-order chi connectivity index (χ0) is 22.4. The summed E-state index contributed by atoms with van der Waals surface area (Å²) in [4.78, 5) is 16.6. The number of fused-ring (bicyclic) bond motifs is 4. The zero-order valence-corrected chi connectivity index (χ0v) is 18.6. The van der Waals surface area contributed by atoms with E-state index in [1.807, 2.05) is 42.6 Å². The number of benzene rings is 3. The average Bonchev–Trinajstić information content (AvgIpc) is 3.43. The van der Waals surface area contributed by atoms with Gasteiger partial charge in [0.25, 0.3) is 5.22 Å². The highest BCUT2D eigenvalue weighted by atomic mass is 35.5. The minimum Gasteiger partial charge on any atom is -0.431 e. The van der Waals surface area contributed by atoms with Crippen molar-refractivity contribution in [3.05, 3.63) is 93.6 Å². The first-order valence-corrected chi connectivity index (χ1v) is 11.5. The van der Waals surface area contributed by atoms with Crippen LogP contribution in [0.2, 0.25) is 5.02 Å². The van der Waals surface area contributed by atoms with E-state index in [2.05, 4.69) is 15.3 Å². The zero-order valence-electron chi connectivity index (χ0n) is 17.1. The van der Waals surface area contributed by atoms with Crippen molar-refractivity contribution in [2.24, 2.45) is 0 Å². The van der Waals surface area contributed by atoms with Crippen molar-refractivity contribution in [3.63, 3.8) is 0 Å². The highest BCUT2D eigenvalue weighted by Crippen LogP contribution is 2.29. The van der Waals surface area contributed by atoms with Crippen molar-refractivity contribution in [1.82, 2.24) is 20.0 Å². The van der Waals surface area contributed by atoms with Gasteiger partial charge in [-0.05, 0) is 40.6 Å². The molecule has 0 saturated carbocycles. The molecule has 7 nitrogen and oxygen atoms in total. The number of hydrogen-bond donors (Lipinski definition) is 0. The molecule has 0 aliphatic rings. The smallest absolute Gasteiger partial charge is 0.336 e. The van der Waals surface area contributed by atoms with E-state index in [-0.39, 0.29) is 5.63 Å².